The van der Waals surface area contributed by atoms with Crippen molar-refractivity contribution >= 4 is 52.5 Å². The summed E-state index contributed by atoms with van der Waals surface area (Å²) in [5, 5.41) is 3.05. The van der Waals surface area contributed by atoms with Crippen molar-refractivity contribution in [1.82, 2.24) is 5.32 Å². The number of anilines is 2. The summed E-state index contributed by atoms with van der Waals surface area (Å²) < 4.78 is 25.5. The van der Waals surface area contributed by atoms with E-state index in [4.69, 9.17) is 21.7 Å². The number of imide groups is 1. The number of ether oxygens (including phenoxy) is 2. The Labute approximate surface area is 230 Å². The van der Waals surface area contributed by atoms with E-state index < -0.39 is 52.2 Å². The average molecular weight is 554 g/mol. The maximum Gasteiger partial charge on any atom is 0.421 e. The average Bonchev–Trinajstić information content (AvgIpc) is 3.33. The van der Waals surface area contributed by atoms with Gasteiger partial charge in [-0.15, -0.1) is 0 Å². The molecular weight excluding hydrogens is 525 g/mol. The number of hydrogen-bond donors (Lipinski definition) is 1. The fraction of sp³-hybridized carbons (Fsp3) is 0.393. The van der Waals surface area contributed by atoms with Gasteiger partial charge in [-0.2, -0.15) is 0 Å². The van der Waals surface area contributed by atoms with Gasteiger partial charge in [0.05, 0.1) is 17.3 Å². The van der Waals surface area contributed by atoms with Gasteiger partial charge in [-0.3, -0.25) is 14.4 Å². The normalized spacial score (nSPS) is 25.3. The largest absolute Gasteiger partial charge is 0.466 e. The molecule has 2 aromatic rings. The zero-order valence-electron chi connectivity index (χ0n) is 22.4. The number of hydrogen-bond acceptors (Lipinski definition) is 7. The van der Waals surface area contributed by atoms with Gasteiger partial charge in [0.2, 0.25) is 0 Å². The molecule has 39 heavy (non-hydrogen) atoms. The van der Waals surface area contributed by atoms with Crippen LogP contribution in [-0.2, 0) is 34.8 Å². The standard InChI is InChI=1S/C28H28FN3O6S/c1-7-37-21(33)20-27(22(39)30-28(20)17-12-14(2)8-11-18(17)31(6)24(28)35)16-10-9-15(29)13-19(16)32(23(27)34)25(36)38-26(3,4)5/h8-13,20H,7H2,1-6H3,(H,30,39)/t20-,27-,28-/m0/s1. The molecule has 1 saturated heterocycles. The third-order valence-corrected chi connectivity index (χ3v) is 7.80. The van der Waals surface area contributed by atoms with Crippen molar-refractivity contribution in [2.45, 2.75) is 51.2 Å². The van der Waals surface area contributed by atoms with Gasteiger partial charge in [0.25, 0.3) is 11.8 Å². The van der Waals surface area contributed by atoms with Gasteiger partial charge < -0.3 is 19.7 Å². The predicted octanol–water partition coefficient (Wildman–Crippen LogP) is 3.64. The van der Waals surface area contributed by atoms with E-state index in [0.29, 0.717) is 16.2 Å². The van der Waals surface area contributed by atoms with Gasteiger partial charge in [0, 0.05) is 23.9 Å². The number of carbonyl (C=O) groups is 4. The van der Waals surface area contributed by atoms with Crippen LogP contribution in [0.1, 0.15) is 44.4 Å². The molecule has 3 heterocycles. The highest BCUT2D eigenvalue weighted by molar-refractivity contribution is 7.80. The van der Waals surface area contributed by atoms with Crippen molar-refractivity contribution < 1.29 is 33.0 Å². The lowest BCUT2D eigenvalue weighted by Gasteiger charge is -2.34. The second kappa shape index (κ2) is 8.57. The Morgan fingerprint density at radius 1 is 1.08 bits per heavy atom. The minimum absolute atomic E-state index is 0.0425. The van der Waals surface area contributed by atoms with Gasteiger partial charge in [-0.1, -0.05) is 36.0 Å². The van der Waals surface area contributed by atoms with Crippen LogP contribution in [0.2, 0.25) is 0 Å². The summed E-state index contributed by atoms with van der Waals surface area (Å²) >= 11 is 5.79. The second-order valence-electron chi connectivity index (χ2n) is 10.9. The number of aryl methyl sites for hydroxylation is 1. The van der Waals surface area contributed by atoms with Gasteiger partial charge in [-0.25, -0.2) is 14.1 Å². The number of likely N-dealkylation sites (N-methyl/N-ethyl adjacent to an activating group) is 1. The number of carbonyl (C=O) groups excluding carboxylic acids is 4. The van der Waals surface area contributed by atoms with Crippen LogP contribution < -0.4 is 15.1 Å². The number of rotatable bonds is 2. The van der Waals surface area contributed by atoms with E-state index >= 15 is 0 Å². The van der Waals surface area contributed by atoms with E-state index in [0.717, 1.165) is 17.7 Å². The van der Waals surface area contributed by atoms with Crippen LogP contribution in [0, 0.1) is 18.7 Å². The Morgan fingerprint density at radius 2 is 1.77 bits per heavy atom. The molecule has 0 saturated carbocycles. The molecule has 9 nitrogen and oxygen atoms in total. The van der Waals surface area contributed by atoms with Crippen LogP contribution in [-0.4, -0.2) is 48.1 Å². The number of esters is 1. The van der Waals surface area contributed by atoms with Crippen molar-refractivity contribution in [3.8, 4) is 0 Å². The molecule has 3 amide bonds. The maximum absolute atomic E-state index is 14.6. The number of halogens is 1. The lowest BCUT2D eigenvalue weighted by atomic mass is 9.65. The van der Waals surface area contributed by atoms with Gasteiger partial charge >= 0.3 is 12.1 Å². The Bertz CT molecular complexity index is 1490. The number of amides is 3. The highest BCUT2D eigenvalue weighted by atomic mass is 32.1. The topological polar surface area (TPSA) is 105 Å². The van der Waals surface area contributed by atoms with Gasteiger partial charge in [-0.05, 0) is 52.8 Å². The van der Waals surface area contributed by atoms with Crippen molar-refractivity contribution in [2.24, 2.45) is 5.92 Å². The number of benzene rings is 2. The fourth-order valence-corrected chi connectivity index (χ4v) is 6.42. The molecule has 0 aliphatic carbocycles. The van der Waals surface area contributed by atoms with Crippen LogP contribution in [0.15, 0.2) is 36.4 Å². The van der Waals surface area contributed by atoms with E-state index in [1.807, 2.05) is 13.0 Å². The van der Waals surface area contributed by atoms with Crippen LogP contribution in [0.25, 0.3) is 0 Å². The highest BCUT2D eigenvalue weighted by Gasteiger charge is 2.77. The zero-order valence-corrected chi connectivity index (χ0v) is 23.2. The zero-order chi connectivity index (χ0) is 28.7. The molecule has 1 N–H and O–H groups in total. The molecule has 0 bridgehead atoms. The van der Waals surface area contributed by atoms with Crippen LogP contribution in [0.4, 0.5) is 20.6 Å². The SMILES string of the molecule is CCOC(=O)[C@H]1[C@]2(C(=O)N(C(=O)OC(C)(C)C)c3cc(F)ccc32)C(=S)N[C@]12C(=O)N(C)c1ccc(C)cc12. The molecule has 1 fully saturated rings. The summed E-state index contributed by atoms with van der Waals surface area (Å²) in [5.74, 6) is -4.59. The molecule has 3 aliphatic heterocycles. The van der Waals surface area contributed by atoms with E-state index in [1.54, 1.807) is 46.9 Å². The summed E-state index contributed by atoms with van der Waals surface area (Å²) in [4.78, 5) is 57.8. The minimum Gasteiger partial charge on any atom is -0.466 e. The number of thiocarbonyl (C=S) groups is 1. The first-order valence-corrected chi connectivity index (χ1v) is 12.9. The second-order valence-corrected chi connectivity index (χ2v) is 11.3. The smallest absolute Gasteiger partial charge is 0.421 e. The predicted molar refractivity (Wildman–Crippen MR) is 144 cm³/mol. The lowest BCUT2D eigenvalue weighted by molar-refractivity contribution is -0.156. The molecular formula is C28H28FN3O6S. The molecule has 0 radical (unpaired) electrons. The van der Waals surface area contributed by atoms with Crippen LogP contribution in [0.3, 0.4) is 0 Å². The first kappa shape index (κ1) is 26.7. The van der Waals surface area contributed by atoms with E-state index in [2.05, 4.69) is 5.32 Å². The van der Waals surface area contributed by atoms with Crippen molar-refractivity contribution in [3.05, 3.63) is 58.9 Å². The summed E-state index contributed by atoms with van der Waals surface area (Å²) in [6.45, 7) is 8.27. The Morgan fingerprint density at radius 3 is 2.41 bits per heavy atom. The number of nitrogens with zero attached hydrogens (tertiary/aromatic N) is 2. The molecule has 2 aromatic carbocycles. The van der Waals surface area contributed by atoms with E-state index in [1.165, 1.54) is 11.0 Å². The summed E-state index contributed by atoms with van der Waals surface area (Å²) in [6.07, 6.45) is -1.06. The van der Waals surface area contributed by atoms with Gasteiger partial charge in [0.15, 0.2) is 5.54 Å². The summed E-state index contributed by atoms with van der Waals surface area (Å²) in [5.41, 5.74) is -3.09. The maximum atomic E-state index is 14.6. The fourth-order valence-electron chi connectivity index (χ4n) is 5.94. The third-order valence-electron chi connectivity index (χ3n) is 7.38. The highest BCUT2D eigenvalue weighted by Crippen LogP contribution is 2.60. The Balaban J connectivity index is 1.83. The Kier molecular flexibility index (Phi) is 5.88. The molecule has 11 heteroatoms. The van der Waals surface area contributed by atoms with Crippen molar-refractivity contribution in [1.29, 1.82) is 0 Å². The molecule has 2 spiro atoms. The van der Waals surface area contributed by atoms with Crippen molar-refractivity contribution in [2.75, 3.05) is 23.5 Å². The molecule has 0 unspecified atom stereocenters. The van der Waals surface area contributed by atoms with E-state index in [9.17, 15) is 23.6 Å². The third kappa shape index (κ3) is 3.45. The molecule has 0 aromatic heterocycles. The quantitative estimate of drug-likeness (QED) is 0.444. The lowest BCUT2D eigenvalue weighted by Crippen LogP contribution is -2.57. The van der Waals surface area contributed by atoms with Crippen molar-refractivity contribution in [3.63, 3.8) is 0 Å². The molecule has 3 aliphatic rings. The number of fused-ring (bicyclic) bond motifs is 4. The van der Waals surface area contributed by atoms with Crippen LogP contribution in [0.5, 0.6) is 0 Å². The van der Waals surface area contributed by atoms with Gasteiger partial charge in [0.1, 0.15) is 22.8 Å². The molecule has 3 atom stereocenters. The first-order chi connectivity index (χ1) is 18.2. The Hall–Kier alpha value is -3.86. The summed E-state index contributed by atoms with van der Waals surface area (Å²) in [6, 6.07) is 8.78. The van der Waals surface area contributed by atoms with E-state index in [-0.39, 0.29) is 22.8 Å². The minimum atomic E-state index is -2.05. The monoisotopic (exact) mass is 553 g/mol. The molecule has 204 valence electrons. The van der Waals surface area contributed by atoms with Crippen LogP contribution >= 0.6 is 12.2 Å². The molecule has 5 rings (SSSR count). The number of nitrogens with one attached hydrogen (secondary N) is 1. The summed E-state index contributed by atoms with van der Waals surface area (Å²) in [7, 11) is 1.57. The first-order valence-electron chi connectivity index (χ1n) is 12.5.